The molecule has 0 radical (unpaired) electrons. The van der Waals surface area contributed by atoms with Crippen LogP contribution in [0.4, 0.5) is 0 Å². The van der Waals surface area contributed by atoms with E-state index >= 15 is 0 Å². The summed E-state index contributed by atoms with van der Waals surface area (Å²) >= 11 is 0. The third-order valence-electron chi connectivity index (χ3n) is 4.77. The van der Waals surface area contributed by atoms with Crippen LogP contribution >= 0.6 is 0 Å². The zero-order valence-electron chi connectivity index (χ0n) is 14.1. The van der Waals surface area contributed by atoms with Gasteiger partial charge in [-0.2, -0.15) is 0 Å². The summed E-state index contributed by atoms with van der Waals surface area (Å²) in [4.78, 5) is 37.6. The zero-order chi connectivity index (χ0) is 18.1. The number of likely N-dealkylation sites (tertiary alicyclic amines) is 1. The number of fused-ring (bicyclic) bond motifs is 1. The van der Waals surface area contributed by atoms with E-state index in [2.05, 4.69) is 4.74 Å². The number of oxazole rings is 1. The minimum absolute atomic E-state index is 0.231. The van der Waals surface area contributed by atoms with Crippen LogP contribution in [0.15, 0.2) is 27.4 Å². The largest absolute Gasteiger partial charge is 0.467 e. The first-order valence-electron chi connectivity index (χ1n) is 8.07. The molecule has 1 aromatic heterocycles. The summed E-state index contributed by atoms with van der Waals surface area (Å²) < 4.78 is 11.1. The predicted molar refractivity (Wildman–Crippen MR) is 88.1 cm³/mol. The molecule has 1 fully saturated rings. The molecule has 0 spiro atoms. The number of rotatable bonds is 3. The smallest absolute Gasteiger partial charge is 0.419 e. The Kier molecular flexibility index (Phi) is 4.63. The first-order valence-corrected chi connectivity index (χ1v) is 8.07. The monoisotopic (exact) mass is 348 g/mol. The van der Waals surface area contributed by atoms with Gasteiger partial charge in [-0.25, -0.2) is 9.59 Å². The summed E-state index contributed by atoms with van der Waals surface area (Å²) in [6.45, 7) is 0.815. The fourth-order valence-electron chi connectivity index (χ4n) is 3.22. The summed E-state index contributed by atoms with van der Waals surface area (Å²) in [6.07, 6.45) is -0.175. The van der Waals surface area contributed by atoms with E-state index < -0.39 is 17.8 Å². The quantitative estimate of drug-likeness (QED) is 0.811. The van der Waals surface area contributed by atoms with E-state index in [9.17, 15) is 19.5 Å². The molecule has 8 heteroatoms. The molecule has 1 amide bonds. The molecule has 3 rings (SSSR count). The van der Waals surface area contributed by atoms with Gasteiger partial charge in [-0.1, -0.05) is 6.07 Å². The van der Waals surface area contributed by atoms with Gasteiger partial charge in [-0.15, -0.1) is 0 Å². The number of aliphatic hydroxyl groups is 1. The van der Waals surface area contributed by atoms with E-state index in [4.69, 9.17) is 4.42 Å². The highest BCUT2D eigenvalue weighted by Gasteiger charge is 2.32. The van der Waals surface area contributed by atoms with Gasteiger partial charge in [-0.3, -0.25) is 9.36 Å². The van der Waals surface area contributed by atoms with Gasteiger partial charge in [0.05, 0.1) is 18.2 Å². The van der Waals surface area contributed by atoms with Crippen molar-refractivity contribution in [2.24, 2.45) is 13.0 Å². The van der Waals surface area contributed by atoms with Crippen molar-refractivity contribution in [3.05, 3.63) is 34.3 Å². The molecule has 8 nitrogen and oxygen atoms in total. The van der Waals surface area contributed by atoms with E-state index in [0.29, 0.717) is 37.0 Å². The van der Waals surface area contributed by atoms with Crippen molar-refractivity contribution in [2.75, 3.05) is 20.2 Å². The Hall–Kier alpha value is -2.61. The maximum Gasteiger partial charge on any atom is 0.419 e. The number of ether oxygens (including phenoxy) is 1. The van der Waals surface area contributed by atoms with Gasteiger partial charge in [0.25, 0.3) is 5.91 Å². The minimum Gasteiger partial charge on any atom is -0.467 e. The maximum absolute atomic E-state index is 12.8. The maximum atomic E-state index is 12.8. The van der Waals surface area contributed by atoms with Gasteiger partial charge < -0.3 is 19.2 Å². The first-order chi connectivity index (χ1) is 11.9. The van der Waals surface area contributed by atoms with Crippen molar-refractivity contribution in [2.45, 2.75) is 18.9 Å². The van der Waals surface area contributed by atoms with Gasteiger partial charge >= 0.3 is 11.7 Å². The Labute approximate surface area is 143 Å². The fourth-order valence-corrected chi connectivity index (χ4v) is 3.22. The fraction of sp³-hybridized carbons (Fsp3) is 0.471. The Balaban J connectivity index is 1.77. The number of para-hydroxylation sites is 1. The lowest BCUT2D eigenvalue weighted by Gasteiger charge is -2.33. The highest BCUT2D eigenvalue weighted by atomic mass is 16.5. The number of nitrogens with zero attached hydrogens (tertiary/aromatic N) is 2. The number of benzene rings is 1. The van der Waals surface area contributed by atoms with Crippen LogP contribution in [-0.2, 0) is 16.6 Å². The number of esters is 1. The molecule has 1 saturated heterocycles. The van der Waals surface area contributed by atoms with Gasteiger partial charge in [0.15, 0.2) is 11.7 Å². The normalized spacial score (nSPS) is 16.8. The number of hydrogen-bond donors (Lipinski definition) is 1. The topological polar surface area (TPSA) is 102 Å². The second-order valence-corrected chi connectivity index (χ2v) is 6.18. The number of aliphatic hydroxyl groups excluding tert-OH is 1. The van der Waals surface area contributed by atoms with Crippen molar-refractivity contribution in [3.8, 4) is 0 Å². The Morgan fingerprint density at radius 2 is 2.00 bits per heavy atom. The van der Waals surface area contributed by atoms with Crippen LogP contribution < -0.4 is 5.76 Å². The van der Waals surface area contributed by atoms with Crippen LogP contribution in [-0.4, -0.2) is 52.8 Å². The molecule has 0 saturated carbocycles. The van der Waals surface area contributed by atoms with Crippen LogP contribution in [0.2, 0.25) is 0 Å². The molecular weight excluding hydrogens is 328 g/mol. The van der Waals surface area contributed by atoms with Crippen molar-refractivity contribution in [3.63, 3.8) is 0 Å². The molecule has 134 valence electrons. The van der Waals surface area contributed by atoms with E-state index in [0.717, 1.165) is 0 Å². The van der Waals surface area contributed by atoms with E-state index in [1.807, 2.05) is 0 Å². The number of hydrogen-bond acceptors (Lipinski definition) is 6. The molecule has 0 bridgehead atoms. The van der Waals surface area contributed by atoms with E-state index in [1.54, 1.807) is 30.1 Å². The van der Waals surface area contributed by atoms with Crippen LogP contribution in [0.3, 0.4) is 0 Å². The molecule has 1 aliphatic heterocycles. The molecule has 2 heterocycles. The van der Waals surface area contributed by atoms with Crippen molar-refractivity contribution >= 4 is 23.0 Å². The second-order valence-electron chi connectivity index (χ2n) is 6.18. The molecule has 1 atom stereocenters. The molecular formula is C17H20N2O6. The van der Waals surface area contributed by atoms with Crippen LogP contribution in [0, 0.1) is 5.92 Å². The summed E-state index contributed by atoms with van der Waals surface area (Å²) in [5, 5.41) is 9.93. The predicted octanol–water partition coefficient (Wildman–Crippen LogP) is 0.518. The highest BCUT2D eigenvalue weighted by Crippen LogP contribution is 2.25. The molecule has 1 aliphatic rings. The molecule has 1 unspecified atom stereocenters. The Morgan fingerprint density at radius 1 is 1.32 bits per heavy atom. The number of amides is 1. The molecule has 2 aromatic rings. The van der Waals surface area contributed by atoms with Crippen molar-refractivity contribution < 1.29 is 23.8 Å². The van der Waals surface area contributed by atoms with E-state index in [-0.39, 0.29) is 17.4 Å². The Bertz CT molecular complexity index is 860. The summed E-state index contributed by atoms with van der Waals surface area (Å²) in [6, 6.07) is 5.05. The third kappa shape index (κ3) is 3.05. The number of methoxy groups -OCH3 is 1. The van der Waals surface area contributed by atoms with Crippen LogP contribution in [0.1, 0.15) is 23.2 Å². The summed E-state index contributed by atoms with van der Waals surface area (Å²) in [5.74, 6) is -1.64. The zero-order valence-corrected chi connectivity index (χ0v) is 14.1. The molecule has 0 aliphatic carbocycles. The summed E-state index contributed by atoms with van der Waals surface area (Å²) in [7, 11) is 2.82. The number of aryl methyl sites for hydroxylation is 1. The lowest BCUT2D eigenvalue weighted by Crippen LogP contribution is -2.43. The second kappa shape index (κ2) is 6.72. The standard InChI is InChI=1S/C17H20N2O6/c1-18-12-5-3-4-11(14(12)25-17(18)23)15(21)19-8-6-10(7-9-19)13(20)16(22)24-2/h3-5,10,13,20H,6-9H2,1-2H3. The third-order valence-corrected chi connectivity index (χ3v) is 4.77. The highest BCUT2D eigenvalue weighted by molar-refractivity contribution is 6.04. The Morgan fingerprint density at radius 3 is 2.64 bits per heavy atom. The van der Waals surface area contributed by atoms with Crippen molar-refractivity contribution in [1.82, 2.24) is 9.47 Å². The molecule has 25 heavy (non-hydrogen) atoms. The average Bonchev–Trinajstić information content (AvgIpc) is 2.94. The van der Waals surface area contributed by atoms with Gasteiger partial charge in [0.2, 0.25) is 0 Å². The number of piperidine rings is 1. The summed E-state index contributed by atoms with van der Waals surface area (Å²) in [5.41, 5.74) is 1.17. The van der Waals surface area contributed by atoms with Crippen molar-refractivity contribution in [1.29, 1.82) is 0 Å². The van der Waals surface area contributed by atoms with E-state index in [1.165, 1.54) is 11.7 Å². The number of aromatic nitrogens is 1. The number of carbonyl (C=O) groups is 2. The van der Waals surface area contributed by atoms with Gasteiger partial charge in [-0.05, 0) is 30.9 Å². The minimum atomic E-state index is -1.17. The SMILES string of the molecule is COC(=O)C(O)C1CCN(C(=O)c2cccc3c2oc(=O)n3C)CC1. The lowest BCUT2D eigenvalue weighted by molar-refractivity contribution is -0.154. The van der Waals surface area contributed by atoms with Crippen LogP contribution in [0.25, 0.3) is 11.1 Å². The molecule has 1 aromatic carbocycles. The first kappa shape index (κ1) is 17.2. The molecule has 1 N–H and O–H groups in total. The lowest BCUT2D eigenvalue weighted by atomic mass is 9.91. The van der Waals surface area contributed by atoms with Gasteiger partial charge in [0, 0.05) is 20.1 Å². The van der Waals surface area contributed by atoms with Crippen LogP contribution in [0.5, 0.6) is 0 Å². The number of carbonyl (C=O) groups excluding carboxylic acids is 2. The average molecular weight is 348 g/mol. The van der Waals surface area contributed by atoms with Gasteiger partial charge in [0.1, 0.15) is 0 Å².